The molecule has 0 atom stereocenters. The van der Waals surface area contributed by atoms with Gasteiger partial charge in [-0.15, -0.1) is 0 Å². The molecule has 25 heavy (non-hydrogen) atoms. The minimum Gasteiger partial charge on any atom is -0.494 e. The van der Waals surface area contributed by atoms with Crippen molar-refractivity contribution in [2.45, 2.75) is 33.2 Å². The van der Waals surface area contributed by atoms with Crippen LogP contribution in [-0.2, 0) is 6.54 Å². The molecule has 0 aliphatic heterocycles. The van der Waals surface area contributed by atoms with Gasteiger partial charge in [0.05, 0.1) is 6.61 Å². The highest BCUT2D eigenvalue weighted by molar-refractivity contribution is 5.79. The molecule has 6 heteroatoms. The lowest BCUT2D eigenvalue weighted by molar-refractivity contribution is 0.313. The summed E-state index contributed by atoms with van der Waals surface area (Å²) in [6.07, 6.45) is 5.67. The highest BCUT2D eigenvalue weighted by Crippen LogP contribution is 2.11. The number of guanidine groups is 1. The fraction of sp³-hybridized carbons (Fsp3) is 0.474. The molecule has 0 saturated carbocycles. The van der Waals surface area contributed by atoms with E-state index in [0.717, 1.165) is 50.7 Å². The first-order valence-electron chi connectivity index (χ1n) is 8.97. The van der Waals surface area contributed by atoms with E-state index < -0.39 is 0 Å². The molecule has 0 spiro atoms. The Morgan fingerprint density at radius 3 is 2.76 bits per heavy atom. The Kier molecular flexibility index (Phi) is 8.38. The molecule has 1 aromatic heterocycles. The molecule has 0 aliphatic rings. The Morgan fingerprint density at radius 2 is 2.04 bits per heavy atom. The monoisotopic (exact) mass is 343 g/mol. The predicted octanol–water partition coefficient (Wildman–Crippen LogP) is 2.61. The third-order valence-corrected chi connectivity index (χ3v) is 3.62. The summed E-state index contributed by atoms with van der Waals surface area (Å²) in [6, 6.07) is 10.1. The van der Waals surface area contributed by atoms with Gasteiger partial charge in [-0.1, -0.05) is 17.7 Å². The van der Waals surface area contributed by atoms with Crippen LogP contribution in [0.1, 0.15) is 25.3 Å². The normalized spacial score (nSPS) is 11.4. The van der Waals surface area contributed by atoms with E-state index in [0.29, 0.717) is 6.61 Å². The predicted molar refractivity (Wildman–Crippen MR) is 102 cm³/mol. The van der Waals surface area contributed by atoms with E-state index in [-0.39, 0.29) is 0 Å². The summed E-state index contributed by atoms with van der Waals surface area (Å²) in [5, 5.41) is 10.8. The van der Waals surface area contributed by atoms with Gasteiger partial charge < -0.3 is 15.4 Å². The topological polar surface area (TPSA) is 63.5 Å². The van der Waals surface area contributed by atoms with E-state index in [1.165, 1.54) is 5.56 Å². The van der Waals surface area contributed by atoms with Crippen LogP contribution in [0.2, 0.25) is 0 Å². The van der Waals surface area contributed by atoms with Gasteiger partial charge in [-0.3, -0.25) is 9.67 Å². The SMILES string of the molecule is CCNC(=NCCCOc1ccc(C)cc1)NCCCn1cccn1. The van der Waals surface area contributed by atoms with Crippen molar-refractivity contribution in [1.82, 2.24) is 20.4 Å². The van der Waals surface area contributed by atoms with Crippen LogP contribution in [0.15, 0.2) is 47.7 Å². The molecular weight excluding hydrogens is 314 g/mol. The van der Waals surface area contributed by atoms with Crippen LogP contribution < -0.4 is 15.4 Å². The standard InChI is InChI=1S/C19H29N5O/c1-3-20-19(21-11-4-14-24-15-5-13-23-24)22-12-6-16-25-18-9-7-17(2)8-10-18/h5,7-10,13,15H,3-4,6,11-12,14,16H2,1-2H3,(H2,20,21,22). The number of aliphatic imine (C=N–C) groups is 1. The van der Waals surface area contributed by atoms with Crippen molar-refractivity contribution in [2.24, 2.45) is 4.99 Å². The first kappa shape index (κ1) is 18.8. The van der Waals surface area contributed by atoms with Crippen molar-refractivity contribution in [3.63, 3.8) is 0 Å². The fourth-order valence-corrected chi connectivity index (χ4v) is 2.30. The smallest absolute Gasteiger partial charge is 0.191 e. The molecule has 1 heterocycles. The third-order valence-electron chi connectivity index (χ3n) is 3.62. The number of hydrogen-bond acceptors (Lipinski definition) is 3. The second-order valence-electron chi connectivity index (χ2n) is 5.83. The zero-order valence-electron chi connectivity index (χ0n) is 15.2. The van der Waals surface area contributed by atoms with Gasteiger partial charge in [-0.2, -0.15) is 5.10 Å². The van der Waals surface area contributed by atoms with E-state index in [9.17, 15) is 0 Å². The molecular formula is C19H29N5O. The van der Waals surface area contributed by atoms with Crippen molar-refractivity contribution < 1.29 is 4.74 Å². The van der Waals surface area contributed by atoms with E-state index in [1.807, 2.05) is 29.1 Å². The maximum absolute atomic E-state index is 5.72. The average Bonchev–Trinajstić information content (AvgIpc) is 3.13. The quantitative estimate of drug-likeness (QED) is 0.395. The molecule has 1 aromatic carbocycles. The van der Waals surface area contributed by atoms with Gasteiger partial charge in [-0.25, -0.2) is 0 Å². The van der Waals surface area contributed by atoms with Gasteiger partial charge in [0.1, 0.15) is 5.75 Å². The van der Waals surface area contributed by atoms with Gasteiger partial charge in [0.2, 0.25) is 0 Å². The van der Waals surface area contributed by atoms with Gasteiger partial charge >= 0.3 is 0 Å². The van der Waals surface area contributed by atoms with Gasteiger partial charge in [0.15, 0.2) is 5.96 Å². The molecule has 0 radical (unpaired) electrons. The van der Waals surface area contributed by atoms with Crippen molar-refractivity contribution in [1.29, 1.82) is 0 Å². The third kappa shape index (κ3) is 7.74. The van der Waals surface area contributed by atoms with E-state index >= 15 is 0 Å². The van der Waals surface area contributed by atoms with E-state index in [1.54, 1.807) is 6.20 Å². The Morgan fingerprint density at radius 1 is 1.20 bits per heavy atom. The first-order chi connectivity index (χ1) is 12.3. The highest BCUT2D eigenvalue weighted by atomic mass is 16.5. The van der Waals surface area contributed by atoms with Crippen LogP contribution in [0.25, 0.3) is 0 Å². The number of benzene rings is 1. The minimum atomic E-state index is 0.672. The van der Waals surface area contributed by atoms with Gasteiger partial charge in [0.25, 0.3) is 0 Å². The molecule has 2 N–H and O–H groups in total. The van der Waals surface area contributed by atoms with Crippen molar-refractivity contribution in [3.8, 4) is 5.75 Å². The lowest BCUT2D eigenvalue weighted by Gasteiger charge is -2.11. The van der Waals surface area contributed by atoms with Crippen molar-refractivity contribution in [2.75, 3.05) is 26.2 Å². The highest BCUT2D eigenvalue weighted by Gasteiger charge is 1.98. The Hall–Kier alpha value is -2.50. The molecule has 0 saturated heterocycles. The Bertz CT molecular complexity index is 607. The maximum atomic E-state index is 5.72. The minimum absolute atomic E-state index is 0.672. The van der Waals surface area contributed by atoms with Crippen molar-refractivity contribution >= 4 is 5.96 Å². The average molecular weight is 343 g/mol. The number of ether oxygens (including phenoxy) is 1. The molecule has 0 aliphatic carbocycles. The maximum Gasteiger partial charge on any atom is 0.191 e. The van der Waals surface area contributed by atoms with Crippen LogP contribution in [-0.4, -0.2) is 42.0 Å². The summed E-state index contributed by atoms with van der Waals surface area (Å²) < 4.78 is 7.66. The summed E-state index contributed by atoms with van der Waals surface area (Å²) >= 11 is 0. The van der Waals surface area contributed by atoms with Crippen LogP contribution in [0, 0.1) is 6.92 Å². The molecule has 0 amide bonds. The van der Waals surface area contributed by atoms with E-state index in [2.05, 4.69) is 46.7 Å². The van der Waals surface area contributed by atoms with Gasteiger partial charge in [-0.05, 0) is 38.5 Å². The summed E-state index contributed by atoms with van der Waals surface area (Å²) in [5.74, 6) is 1.77. The molecule has 2 aromatic rings. The molecule has 0 fully saturated rings. The van der Waals surface area contributed by atoms with Crippen LogP contribution in [0.5, 0.6) is 5.75 Å². The Balaban J connectivity index is 1.61. The first-order valence-corrected chi connectivity index (χ1v) is 8.97. The summed E-state index contributed by atoms with van der Waals surface area (Å²) in [4.78, 5) is 4.59. The number of nitrogens with one attached hydrogen (secondary N) is 2. The van der Waals surface area contributed by atoms with Crippen LogP contribution in [0.3, 0.4) is 0 Å². The number of hydrogen-bond donors (Lipinski definition) is 2. The lowest BCUT2D eigenvalue weighted by atomic mass is 10.2. The molecule has 6 nitrogen and oxygen atoms in total. The second-order valence-corrected chi connectivity index (χ2v) is 5.83. The van der Waals surface area contributed by atoms with Gasteiger partial charge in [0, 0.05) is 45.0 Å². The number of rotatable bonds is 10. The number of aryl methyl sites for hydroxylation is 2. The number of nitrogens with zero attached hydrogens (tertiary/aromatic N) is 3. The van der Waals surface area contributed by atoms with Crippen molar-refractivity contribution in [3.05, 3.63) is 48.3 Å². The summed E-state index contributed by atoms with van der Waals surface area (Å²) in [6.45, 7) is 8.18. The zero-order chi connectivity index (χ0) is 17.7. The number of aromatic nitrogens is 2. The summed E-state index contributed by atoms with van der Waals surface area (Å²) in [7, 11) is 0. The Labute approximate surface area is 150 Å². The zero-order valence-corrected chi connectivity index (χ0v) is 15.2. The summed E-state index contributed by atoms with van der Waals surface area (Å²) in [5.41, 5.74) is 1.24. The largest absolute Gasteiger partial charge is 0.494 e. The second kappa shape index (κ2) is 11.1. The van der Waals surface area contributed by atoms with Crippen LogP contribution >= 0.6 is 0 Å². The lowest BCUT2D eigenvalue weighted by Crippen LogP contribution is -2.38. The fourth-order valence-electron chi connectivity index (χ4n) is 2.30. The molecule has 0 unspecified atom stereocenters. The molecule has 0 bridgehead atoms. The van der Waals surface area contributed by atoms with Crippen LogP contribution in [0.4, 0.5) is 0 Å². The molecule has 136 valence electrons. The molecule has 2 rings (SSSR count). The van der Waals surface area contributed by atoms with E-state index in [4.69, 9.17) is 4.74 Å².